The van der Waals surface area contributed by atoms with Gasteiger partial charge in [0.05, 0.1) is 19.1 Å². The second-order valence-corrected chi connectivity index (χ2v) is 6.74. The van der Waals surface area contributed by atoms with E-state index in [4.69, 9.17) is 4.74 Å². The number of para-hydroxylation sites is 1. The van der Waals surface area contributed by atoms with Gasteiger partial charge in [0.25, 0.3) is 5.91 Å². The van der Waals surface area contributed by atoms with Crippen LogP contribution in [0.15, 0.2) is 78.9 Å². The van der Waals surface area contributed by atoms with E-state index in [-0.39, 0.29) is 18.2 Å². The topological polar surface area (TPSA) is 70.7 Å². The molecule has 0 radical (unpaired) electrons. The third-order valence-electron chi connectivity index (χ3n) is 4.81. The van der Waals surface area contributed by atoms with Gasteiger partial charge in [-0.3, -0.25) is 15.0 Å². The Kier molecular flexibility index (Phi) is 5.16. The van der Waals surface area contributed by atoms with Crippen molar-refractivity contribution >= 4 is 17.5 Å². The number of rotatable bonds is 5. The highest BCUT2D eigenvalue weighted by Gasteiger charge is 2.34. The van der Waals surface area contributed by atoms with Gasteiger partial charge in [-0.25, -0.2) is 5.01 Å². The lowest BCUT2D eigenvalue weighted by molar-refractivity contribution is -0.125. The van der Waals surface area contributed by atoms with E-state index >= 15 is 0 Å². The number of amides is 2. The van der Waals surface area contributed by atoms with Crippen LogP contribution in [0.1, 0.15) is 27.7 Å². The third-order valence-corrected chi connectivity index (χ3v) is 4.81. The largest absolute Gasteiger partial charge is 0.497 e. The summed E-state index contributed by atoms with van der Waals surface area (Å²) in [6.07, 6.45) is -0.357. The molecule has 6 heteroatoms. The number of carbonyl (C=O) groups excluding carboxylic acids is 2. The molecule has 0 saturated carbocycles. The average Bonchev–Trinajstić information content (AvgIpc) is 2.76. The number of nitrogens with one attached hydrogen (secondary N) is 2. The van der Waals surface area contributed by atoms with Gasteiger partial charge in [0.15, 0.2) is 0 Å². The van der Waals surface area contributed by atoms with Gasteiger partial charge in [-0.2, -0.15) is 0 Å². The Morgan fingerprint density at radius 1 is 1.00 bits per heavy atom. The Balaban J connectivity index is 1.63. The second-order valence-electron chi connectivity index (χ2n) is 6.74. The van der Waals surface area contributed by atoms with Crippen molar-refractivity contribution in [2.45, 2.75) is 12.6 Å². The van der Waals surface area contributed by atoms with E-state index in [1.165, 1.54) is 5.01 Å². The molecule has 6 nitrogen and oxygen atoms in total. The zero-order valence-electron chi connectivity index (χ0n) is 16.0. The Bertz CT molecular complexity index is 1020. The average molecular weight is 387 g/mol. The molecule has 0 spiro atoms. The van der Waals surface area contributed by atoms with Crippen LogP contribution in [0.2, 0.25) is 0 Å². The molecule has 3 aromatic rings. The number of methoxy groups -OCH3 is 1. The van der Waals surface area contributed by atoms with E-state index < -0.39 is 6.17 Å². The van der Waals surface area contributed by atoms with E-state index in [1.807, 2.05) is 66.7 Å². The van der Waals surface area contributed by atoms with Crippen molar-refractivity contribution in [2.75, 3.05) is 12.4 Å². The molecule has 1 unspecified atom stereocenters. The molecule has 1 aliphatic rings. The summed E-state index contributed by atoms with van der Waals surface area (Å²) in [6.45, 7) is 0. The fourth-order valence-corrected chi connectivity index (χ4v) is 3.34. The number of ether oxygens (including phenoxy) is 1. The number of anilines is 1. The molecule has 1 heterocycles. The summed E-state index contributed by atoms with van der Waals surface area (Å²) < 4.78 is 5.22. The molecule has 1 aliphatic heterocycles. The molecule has 0 bridgehead atoms. The molecule has 0 saturated heterocycles. The molecule has 2 amide bonds. The van der Waals surface area contributed by atoms with E-state index in [1.54, 1.807) is 19.2 Å². The molecule has 0 aliphatic carbocycles. The summed E-state index contributed by atoms with van der Waals surface area (Å²) in [4.78, 5) is 25.8. The van der Waals surface area contributed by atoms with E-state index in [9.17, 15) is 9.59 Å². The van der Waals surface area contributed by atoms with Crippen LogP contribution in [0.3, 0.4) is 0 Å². The molecule has 29 heavy (non-hydrogen) atoms. The molecular weight excluding hydrogens is 366 g/mol. The normalized spacial score (nSPS) is 15.3. The standard InChI is InChI=1S/C23H21N3O3/c1-29-18-13-11-17(12-14-18)22-24-20-10-6-5-9-19(20)23(28)26(22)25-21(27)15-16-7-3-2-4-8-16/h2-14,22,24H,15H2,1H3,(H,25,27). The maximum absolute atomic E-state index is 13.2. The maximum Gasteiger partial charge on any atom is 0.276 e. The molecular formula is C23H21N3O3. The number of nitrogens with zero attached hydrogens (tertiary/aromatic N) is 1. The predicted molar refractivity (Wildman–Crippen MR) is 110 cm³/mol. The molecule has 3 aromatic carbocycles. The number of carbonyl (C=O) groups is 2. The first-order valence-electron chi connectivity index (χ1n) is 9.32. The number of benzene rings is 3. The van der Waals surface area contributed by atoms with Gasteiger partial charge in [0.1, 0.15) is 11.9 Å². The van der Waals surface area contributed by atoms with Gasteiger partial charge in [0.2, 0.25) is 5.91 Å². The van der Waals surface area contributed by atoms with Crippen molar-refractivity contribution in [1.29, 1.82) is 0 Å². The van der Waals surface area contributed by atoms with Crippen LogP contribution in [0.5, 0.6) is 5.75 Å². The highest BCUT2D eigenvalue weighted by Crippen LogP contribution is 2.32. The fraction of sp³-hybridized carbons (Fsp3) is 0.130. The summed E-state index contributed by atoms with van der Waals surface area (Å²) in [6, 6.07) is 24.1. The van der Waals surface area contributed by atoms with E-state index in [2.05, 4.69) is 10.7 Å². The lowest BCUT2D eigenvalue weighted by atomic mass is 10.0. The summed E-state index contributed by atoms with van der Waals surface area (Å²) in [5.41, 5.74) is 5.73. The van der Waals surface area contributed by atoms with Gasteiger partial charge in [-0.15, -0.1) is 0 Å². The van der Waals surface area contributed by atoms with Crippen LogP contribution in [0.4, 0.5) is 5.69 Å². The number of hydrogen-bond donors (Lipinski definition) is 2. The smallest absolute Gasteiger partial charge is 0.276 e. The van der Waals surface area contributed by atoms with Crippen LogP contribution >= 0.6 is 0 Å². The Hall–Kier alpha value is -3.80. The van der Waals surface area contributed by atoms with Gasteiger partial charge in [-0.1, -0.05) is 54.6 Å². The van der Waals surface area contributed by atoms with Crippen LogP contribution in [0, 0.1) is 0 Å². The van der Waals surface area contributed by atoms with Gasteiger partial charge in [-0.05, 0) is 35.4 Å². The van der Waals surface area contributed by atoms with Crippen molar-refractivity contribution in [2.24, 2.45) is 0 Å². The van der Waals surface area contributed by atoms with Crippen molar-refractivity contribution in [3.05, 3.63) is 95.6 Å². The second kappa shape index (κ2) is 8.06. The summed E-state index contributed by atoms with van der Waals surface area (Å²) in [7, 11) is 1.60. The van der Waals surface area contributed by atoms with Crippen molar-refractivity contribution in [3.8, 4) is 5.75 Å². The maximum atomic E-state index is 13.2. The van der Waals surface area contributed by atoms with Gasteiger partial charge < -0.3 is 10.1 Å². The Morgan fingerprint density at radius 3 is 2.41 bits per heavy atom. The molecule has 1 atom stereocenters. The summed E-state index contributed by atoms with van der Waals surface area (Å²) in [5.74, 6) is 0.196. The number of hydrazine groups is 1. The zero-order chi connectivity index (χ0) is 20.2. The SMILES string of the molecule is COc1ccc(C2Nc3ccccc3C(=O)N2NC(=O)Cc2ccccc2)cc1. The minimum atomic E-state index is -0.539. The molecule has 0 fully saturated rings. The lowest BCUT2D eigenvalue weighted by Crippen LogP contribution is -2.53. The highest BCUT2D eigenvalue weighted by molar-refractivity contribution is 6.02. The minimum absolute atomic E-state index is 0.182. The third kappa shape index (κ3) is 3.91. The van der Waals surface area contributed by atoms with E-state index in [0.717, 1.165) is 22.6 Å². The first-order valence-corrected chi connectivity index (χ1v) is 9.32. The van der Waals surface area contributed by atoms with Gasteiger partial charge in [0, 0.05) is 5.69 Å². The minimum Gasteiger partial charge on any atom is -0.497 e. The molecule has 146 valence electrons. The van der Waals surface area contributed by atoms with Crippen molar-refractivity contribution in [1.82, 2.24) is 10.4 Å². The van der Waals surface area contributed by atoms with Crippen LogP contribution in [-0.2, 0) is 11.2 Å². The first-order chi connectivity index (χ1) is 14.2. The summed E-state index contributed by atoms with van der Waals surface area (Å²) >= 11 is 0. The van der Waals surface area contributed by atoms with Crippen molar-refractivity contribution in [3.63, 3.8) is 0 Å². The highest BCUT2D eigenvalue weighted by atomic mass is 16.5. The molecule has 0 aromatic heterocycles. The Labute approximate surface area is 169 Å². The number of hydrogen-bond acceptors (Lipinski definition) is 4. The summed E-state index contributed by atoms with van der Waals surface area (Å²) in [5, 5.41) is 4.71. The quantitative estimate of drug-likeness (QED) is 0.703. The van der Waals surface area contributed by atoms with Gasteiger partial charge >= 0.3 is 0 Å². The van der Waals surface area contributed by atoms with E-state index in [0.29, 0.717) is 5.56 Å². The van der Waals surface area contributed by atoms with Crippen LogP contribution in [0.25, 0.3) is 0 Å². The molecule has 4 rings (SSSR count). The number of fused-ring (bicyclic) bond motifs is 1. The Morgan fingerprint density at radius 2 is 1.69 bits per heavy atom. The molecule has 2 N–H and O–H groups in total. The first kappa shape index (κ1) is 18.6. The van der Waals surface area contributed by atoms with Crippen LogP contribution in [-0.4, -0.2) is 23.9 Å². The van der Waals surface area contributed by atoms with Crippen LogP contribution < -0.4 is 15.5 Å². The zero-order valence-corrected chi connectivity index (χ0v) is 16.0. The lowest BCUT2D eigenvalue weighted by Gasteiger charge is -2.37. The monoisotopic (exact) mass is 387 g/mol. The predicted octanol–water partition coefficient (Wildman–Crippen LogP) is 3.54. The fourth-order valence-electron chi connectivity index (χ4n) is 3.34. The van der Waals surface area contributed by atoms with Crippen molar-refractivity contribution < 1.29 is 14.3 Å².